The van der Waals surface area contributed by atoms with Gasteiger partial charge in [-0.1, -0.05) is 6.92 Å². The molecule has 0 saturated carbocycles. The Kier molecular flexibility index (Phi) is 3.32. The van der Waals surface area contributed by atoms with Crippen LogP contribution >= 0.6 is 11.3 Å². The van der Waals surface area contributed by atoms with Crippen LogP contribution in [0.5, 0.6) is 0 Å². The number of H-pyrrole nitrogens is 2. The van der Waals surface area contributed by atoms with Crippen molar-refractivity contribution in [1.82, 2.24) is 19.5 Å². The molecule has 3 heterocycles. The zero-order valence-electron chi connectivity index (χ0n) is 12.3. The van der Waals surface area contributed by atoms with E-state index in [9.17, 15) is 14.4 Å². The predicted molar refractivity (Wildman–Crippen MR) is 85.7 cm³/mol. The van der Waals surface area contributed by atoms with E-state index in [1.165, 1.54) is 29.1 Å². The van der Waals surface area contributed by atoms with Crippen LogP contribution in [-0.4, -0.2) is 19.5 Å². The zero-order valence-corrected chi connectivity index (χ0v) is 13.1. The summed E-state index contributed by atoms with van der Waals surface area (Å²) in [7, 11) is 1.52. The molecule has 0 aliphatic heterocycles. The Bertz CT molecular complexity index is 1050. The summed E-state index contributed by atoms with van der Waals surface area (Å²) in [5.41, 5.74) is -0.221. The summed E-state index contributed by atoms with van der Waals surface area (Å²) in [6.07, 6.45) is 2.11. The second-order valence-electron chi connectivity index (χ2n) is 5.00. The molecule has 0 amide bonds. The third kappa shape index (κ3) is 2.12. The fourth-order valence-electron chi connectivity index (χ4n) is 2.46. The van der Waals surface area contributed by atoms with Crippen LogP contribution in [-0.2, 0) is 13.5 Å². The van der Waals surface area contributed by atoms with Gasteiger partial charge < -0.3 is 9.55 Å². The molecule has 7 nitrogen and oxygen atoms in total. The first-order valence-electron chi connectivity index (χ1n) is 6.75. The topological polar surface area (TPSA) is 101 Å². The summed E-state index contributed by atoms with van der Waals surface area (Å²) in [5.74, 6) is 0.165. The van der Waals surface area contributed by atoms with Gasteiger partial charge in [0.1, 0.15) is 10.7 Å². The van der Waals surface area contributed by atoms with Gasteiger partial charge in [-0.05, 0) is 18.9 Å². The monoisotopic (exact) mass is 318 g/mol. The summed E-state index contributed by atoms with van der Waals surface area (Å²) in [5, 5.41) is 0.579. The lowest BCUT2D eigenvalue weighted by molar-refractivity contribution is 0.800. The molecule has 0 fully saturated rings. The lowest BCUT2D eigenvalue weighted by Gasteiger charge is -2.02. The molecule has 2 N–H and O–H groups in total. The van der Waals surface area contributed by atoms with E-state index in [-0.39, 0.29) is 16.9 Å². The lowest BCUT2D eigenvalue weighted by Crippen LogP contribution is -2.29. The standard InChI is InChI=1S/C14H14N4O3S/c1-4-7-6(2)22-13-9(7)12(20)15-10(16-13)8-5-18(3)14(21)17-11(8)19/h5H,4H2,1-3H3,(H,15,16,20)(H,17,19,21). The number of aromatic amines is 2. The van der Waals surface area contributed by atoms with E-state index in [4.69, 9.17) is 0 Å². The molecule has 114 valence electrons. The van der Waals surface area contributed by atoms with Gasteiger partial charge in [-0.25, -0.2) is 9.78 Å². The lowest BCUT2D eigenvalue weighted by atomic mass is 10.1. The largest absolute Gasteiger partial charge is 0.328 e. The van der Waals surface area contributed by atoms with Crippen LogP contribution in [0.25, 0.3) is 21.6 Å². The Hall–Kier alpha value is -2.48. The number of fused-ring (bicyclic) bond motifs is 1. The van der Waals surface area contributed by atoms with E-state index < -0.39 is 11.2 Å². The molecule has 0 radical (unpaired) electrons. The van der Waals surface area contributed by atoms with Crippen LogP contribution in [0.2, 0.25) is 0 Å². The Morgan fingerprint density at radius 2 is 1.95 bits per heavy atom. The van der Waals surface area contributed by atoms with Crippen LogP contribution in [0.4, 0.5) is 0 Å². The normalized spacial score (nSPS) is 11.2. The minimum absolute atomic E-state index is 0.158. The van der Waals surface area contributed by atoms with Gasteiger partial charge in [-0.3, -0.25) is 14.6 Å². The van der Waals surface area contributed by atoms with Crippen molar-refractivity contribution in [2.45, 2.75) is 20.3 Å². The highest BCUT2D eigenvalue weighted by Crippen LogP contribution is 2.28. The first kappa shape index (κ1) is 14.5. The highest BCUT2D eigenvalue weighted by Gasteiger charge is 2.16. The summed E-state index contributed by atoms with van der Waals surface area (Å²) in [6, 6.07) is 0. The van der Waals surface area contributed by atoms with Crippen LogP contribution in [0.15, 0.2) is 20.6 Å². The number of rotatable bonds is 2. The van der Waals surface area contributed by atoms with Crippen LogP contribution in [0, 0.1) is 6.92 Å². The number of aryl methyl sites for hydroxylation is 3. The molecule has 3 aromatic heterocycles. The fourth-order valence-corrected chi connectivity index (χ4v) is 3.58. The minimum atomic E-state index is -0.574. The zero-order chi connectivity index (χ0) is 16.0. The van der Waals surface area contributed by atoms with Crippen molar-refractivity contribution in [3.05, 3.63) is 47.8 Å². The van der Waals surface area contributed by atoms with Crippen molar-refractivity contribution in [2.24, 2.45) is 7.05 Å². The smallest absolute Gasteiger partial charge is 0.306 e. The maximum absolute atomic E-state index is 12.4. The first-order chi connectivity index (χ1) is 10.4. The van der Waals surface area contributed by atoms with Gasteiger partial charge in [0.15, 0.2) is 0 Å². The summed E-state index contributed by atoms with van der Waals surface area (Å²) >= 11 is 1.43. The molecule has 0 aliphatic rings. The average molecular weight is 318 g/mol. The quantitative estimate of drug-likeness (QED) is 0.733. The Morgan fingerprint density at radius 1 is 1.23 bits per heavy atom. The molecule has 8 heteroatoms. The first-order valence-corrected chi connectivity index (χ1v) is 7.56. The Labute approximate surface area is 128 Å². The molecule has 0 bridgehead atoms. The minimum Gasteiger partial charge on any atom is -0.306 e. The van der Waals surface area contributed by atoms with Gasteiger partial charge in [0.25, 0.3) is 11.1 Å². The van der Waals surface area contributed by atoms with E-state index in [2.05, 4.69) is 15.0 Å². The second-order valence-corrected chi connectivity index (χ2v) is 6.20. The van der Waals surface area contributed by atoms with Gasteiger partial charge in [-0.2, -0.15) is 0 Å². The second kappa shape index (κ2) is 5.06. The number of thiophene rings is 1. The van der Waals surface area contributed by atoms with Gasteiger partial charge >= 0.3 is 5.69 Å². The summed E-state index contributed by atoms with van der Waals surface area (Å²) in [4.78, 5) is 46.6. The Morgan fingerprint density at radius 3 is 2.64 bits per heavy atom. The van der Waals surface area contributed by atoms with Gasteiger partial charge in [0.2, 0.25) is 0 Å². The molecule has 0 atom stereocenters. The van der Waals surface area contributed by atoms with Crippen molar-refractivity contribution < 1.29 is 0 Å². The molecule has 3 rings (SSSR count). The molecule has 22 heavy (non-hydrogen) atoms. The maximum Gasteiger partial charge on any atom is 0.328 e. The molecular formula is C14H14N4O3S. The number of aromatic nitrogens is 4. The fraction of sp³-hybridized carbons (Fsp3) is 0.286. The van der Waals surface area contributed by atoms with E-state index >= 15 is 0 Å². The molecular weight excluding hydrogens is 304 g/mol. The molecule has 0 saturated heterocycles. The summed E-state index contributed by atoms with van der Waals surface area (Å²) in [6.45, 7) is 3.93. The molecule has 0 spiro atoms. The Balaban J connectivity index is 2.35. The van der Waals surface area contributed by atoms with Crippen LogP contribution in [0.3, 0.4) is 0 Å². The highest BCUT2D eigenvalue weighted by molar-refractivity contribution is 7.18. The molecule has 0 aliphatic carbocycles. The van der Waals surface area contributed by atoms with E-state index in [1.807, 2.05) is 13.8 Å². The number of hydrogen-bond acceptors (Lipinski definition) is 5. The van der Waals surface area contributed by atoms with Crippen LogP contribution in [0.1, 0.15) is 17.4 Å². The SMILES string of the molecule is CCc1c(C)sc2nc(-c3cn(C)c(=O)[nH]c3=O)[nH]c(=O)c12. The van der Waals surface area contributed by atoms with Gasteiger partial charge in [-0.15, -0.1) is 11.3 Å². The van der Waals surface area contributed by atoms with Crippen LogP contribution < -0.4 is 16.8 Å². The number of nitrogens with zero attached hydrogens (tertiary/aromatic N) is 2. The van der Waals surface area contributed by atoms with Gasteiger partial charge in [0, 0.05) is 18.1 Å². The number of hydrogen-bond donors (Lipinski definition) is 2. The molecule has 0 unspecified atom stereocenters. The molecule has 0 aromatic carbocycles. The van der Waals surface area contributed by atoms with E-state index in [0.29, 0.717) is 10.2 Å². The molecule has 3 aromatic rings. The predicted octanol–water partition coefficient (Wildman–Crippen LogP) is 0.909. The highest BCUT2D eigenvalue weighted by atomic mass is 32.1. The van der Waals surface area contributed by atoms with Crippen molar-refractivity contribution in [2.75, 3.05) is 0 Å². The van der Waals surface area contributed by atoms with Crippen molar-refractivity contribution in [1.29, 1.82) is 0 Å². The maximum atomic E-state index is 12.4. The third-order valence-corrected chi connectivity index (χ3v) is 4.62. The van der Waals surface area contributed by atoms with E-state index in [0.717, 1.165) is 16.9 Å². The van der Waals surface area contributed by atoms with Gasteiger partial charge in [0.05, 0.1) is 10.9 Å². The van der Waals surface area contributed by atoms with Crippen molar-refractivity contribution >= 4 is 21.6 Å². The van der Waals surface area contributed by atoms with E-state index in [1.54, 1.807) is 0 Å². The average Bonchev–Trinajstić information content (AvgIpc) is 2.78. The van der Waals surface area contributed by atoms with Crippen molar-refractivity contribution in [3.63, 3.8) is 0 Å². The van der Waals surface area contributed by atoms with Crippen molar-refractivity contribution in [3.8, 4) is 11.4 Å². The summed E-state index contributed by atoms with van der Waals surface area (Å²) < 4.78 is 1.23. The third-order valence-electron chi connectivity index (χ3n) is 3.58. The number of nitrogens with one attached hydrogen (secondary N) is 2.